The molecule has 10 heteroatoms. The van der Waals surface area contributed by atoms with Gasteiger partial charge in [-0.2, -0.15) is 26.3 Å². The first-order chi connectivity index (χ1) is 11.9. The minimum atomic E-state index is -4.98. The van der Waals surface area contributed by atoms with Crippen LogP contribution in [0.2, 0.25) is 0 Å². The first kappa shape index (κ1) is 20.4. The lowest BCUT2D eigenvalue weighted by Gasteiger charge is -2.20. The molecule has 3 N–H and O–H groups in total. The molecule has 0 saturated carbocycles. The number of fused-ring (bicyclic) bond motifs is 1. The fourth-order valence-corrected chi connectivity index (χ4v) is 2.41. The van der Waals surface area contributed by atoms with Crippen LogP contribution in [-0.4, -0.2) is 34.4 Å². The molecule has 1 heterocycles. The molecule has 0 radical (unpaired) electrons. The molecule has 2 atom stereocenters. The molecular weight excluding hydrogens is 366 g/mol. The smallest absolute Gasteiger partial charge is 0.395 e. The predicted molar refractivity (Wildman–Crippen MR) is 81.3 cm³/mol. The summed E-state index contributed by atoms with van der Waals surface area (Å²) in [7, 11) is 0. The van der Waals surface area contributed by atoms with Gasteiger partial charge in [-0.05, 0) is 24.6 Å². The van der Waals surface area contributed by atoms with Crippen molar-refractivity contribution in [2.75, 3.05) is 13.2 Å². The minimum Gasteiger partial charge on any atom is -0.395 e. The first-order valence-electron chi connectivity index (χ1n) is 7.55. The third-order valence-corrected chi connectivity index (χ3v) is 3.76. The summed E-state index contributed by atoms with van der Waals surface area (Å²) in [6, 6.07) is 2.94. The van der Waals surface area contributed by atoms with Crippen molar-refractivity contribution >= 4 is 10.9 Å². The quantitative estimate of drug-likeness (QED) is 0.695. The van der Waals surface area contributed by atoms with E-state index in [1.54, 1.807) is 6.92 Å². The van der Waals surface area contributed by atoms with Crippen molar-refractivity contribution in [3.8, 4) is 0 Å². The Morgan fingerprint density at radius 2 is 1.77 bits per heavy atom. The molecule has 2 rings (SSSR count). The highest BCUT2D eigenvalue weighted by atomic mass is 19.4. The van der Waals surface area contributed by atoms with Gasteiger partial charge in [0.1, 0.15) is 5.69 Å². The number of nitrogens with one attached hydrogen (secondary N) is 1. The molecule has 0 bridgehead atoms. The molecule has 26 heavy (non-hydrogen) atoms. The third-order valence-electron chi connectivity index (χ3n) is 3.76. The molecule has 0 aliphatic heterocycles. The van der Waals surface area contributed by atoms with E-state index in [9.17, 15) is 31.4 Å². The number of hydrogen-bond donors (Lipinski definition) is 3. The molecule has 1 aromatic carbocycles. The molecule has 2 aromatic rings. The first-order valence-corrected chi connectivity index (χ1v) is 7.55. The number of hydrogen-bond acceptors (Lipinski definition) is 4. The molecule has 0 aliphatic carbocycles. The van der Waals surface area contributed by atoms with Crippen molar-refractivity contribution < 1.29 is 36.6 Å². The van der Waals surface area contributed by atoms with Crippen molar-refractivity contribution in [3.63, 3.8) is 0 Å². The van der Waals surface area contributed by atoms with Gasteiger partial charge < -0.3 is 15.5 Å². The number of alkyl halides is 6. The molecule has 1 aromatic heterocycles. The highest BCUT2D eigenvalue weighted by molar-refractivity contribution is 5.86. The monoisotopic (exact) mass is 382 g/mol. The number of para-hydroxylation sites is 1. The van der Waals surface area contributed by atoms with E-state index < -0.39 is 41.3 Å². The van der Waals surface area contributed by atoms with Crippen LogP contribution in [0.15, 0.2) is 24.3 Å². The van der Waals surface area contributed by atoms with Gasteiger partial charge in [0.25, 0.3) is 0 Å². The molecule has 0 fully saturated rings. The fourth-order valence-electron chi connectivity index (χ4n) is 2.41. The van der Waals surface area contributed by atoms with Crippen LogP contribution in [0.25, 0.3) is 10.9 Å². The number of rotatable bonds is 5. The molecule has 0 aliphatic rings. The van der Waals surface area contributed by atoms with E-state index >= 15 is 0 Å². The largest absolute Gasteiger partial charge is 0.433 e. The second-order valence-electron chi connectivity index (χ2n) is 5.80. The van der Waals surface area contributed by atoms with Crippen molar-refractivity contribution in [2.24, 2.45) is 0 Å². The molecular formula is C16H16F6N2O2. The summed E-state index contributed by atoms with van der Waals surface area (Å²) in [6.07, 6.45) is -11.4. The number of aromatic nitrogens is 1. The Bertz CT molecular complexity index is 776. The van der Waals surface area contributed by atoms with E-state index in [4.69, 9.17) is 5.11 Å². The fraction of sp³-hybridized carbons (Fsp3) is 0.438. The second kappa shape index (κ2) is 7.37. The van der Waals surface area contributed by atoms with Crippen LogP contribution >= 0.6 is 0 Å². The maximum Gasteiger partial charge on any atom is 0.433 e. The van der Waals surface area contributed by atoms with Gasteiger partial charge in [0.05, 0.1) is 23.8 Å². The van der Waals surface area contributed by atoms with Crippen LogP contribution < -0.4 is 5.32 Å². The average Bonchev–Trinajstić information content (AvgIpc) is 2.55. The van der Waals surface area contributed by atoms with Crippen LogP contribution in [0.5, 0.6) is 0 Å². The van der Waals surface area contributed by atoms with E-state index in [0.29, 0.717) is 12.1 Å². The normalized spacial score (nSPS) is 15.3. The summed E-state index contributed by atoms with van der Waals surface area (Å²) >= 11 is 0. The number of benzene rings is 1. The number of nitrogens with zero attached hydrogens (tertiary/aromatic N) is 1. The Labute approximate surface area is 144 Å². The summed E-state index contributed by atoms with van der Waals surface area (Å²) in [5.74, 6) is 0. The number of aliphatic hydroxyl groups excluding tert-OH is 2. The Hall–Kier alpha value is -1.91. The van der Waals surface area contributed by atoms with Gasteiger partial charge in [0, 0.05) is 18.0 Å². The third kappa shape index (κ3) is 4.43. The zero-order valence-electron chi connectivity index (χ0n) is 13.5. The highest BCUT2D eigenvalue weighted by Crippen LogP contribution is 2.38. The summed E-state index contributed by atoms with van der Waals surface area (Å²) in [6.45, 7) is 1.03. The van der Waals surface area contributed by atoms with E-state index in [-0.39, 0.29) is 24.1 Å². The Morgan fingerprint density at radius 3 is 2.31 bits per heavy atom. The Kier molecular flexibility index (Phi) is 5.79. The lowest BCUT2D eigenvalue weighted by atomic mass is 9.99. The number of halogens is 6. The van der Waals surface area contributed by atoms with E-state index in [0.717, 1.165) is 6.07 Å². The lowest BCUT2D eigenvalue weighted by molar-refractivity contribution is -0.142. The van der Waals surface area contributed by atoms with E-state index in [1.165, 1.54) is 6.07 Å². The topological polar surface area (TPSA) is 65.4 Å². The van der Waals surface area contributed by atoms with E-state index in [2.05, 4.69) is 10.3 Å². The number of pyridine rings is 1. The molecule has 0 spiro atoms. The van der Waals surface area contributed by atoms with Gasteiger partial charge in [-0.25, -0.2) is 4.98 Å². The van der Waals surface area contributed by atoms with Crippen molar-refractivity contribution in [1.82, 2.24) is 10.3 Å². The van der Waals surface area contributed by atoms with E-state index in [1.807, 2.05) is 0 Å². The van der Waals surface area contributed by atoms with Gasteiger partial charge in [-0.1, -0.05) is 12.1 Å². The molecule has 0 amide bonds. The maximum absolute atomic E-state index is 13.2. The minimum absolute atomic E-state index is 0.223. The van der Waals surface area contributed by atoms with Crippen molar-refractivity contribution in [1.29, 1.82) is 0 Å². The molecule has 0 unspecified atom stereocenters. The van der Waals surface area contributed by atoms with Crippen LogP contribution in [0.1, 0.15) is 29.8 Å². The van der Waals surface area contributed by atoms with Gasteiger partial charge in [-0.3, -0.25) is 0 Å². The van der Waals surface area contributed by atoms with Crippen molar-refractivity contribution in [2.45, 2.75) is 31.4 Å². The average molecular weight is 382 g/mol. The SMILES string of the molecule is C[C@H](CO)NC[C@@H](O)c1cc(C(F)(F)F)nc2c(C(F)(F)F)cccc12. The van der Waals surface area contributed by atoms with Crippen LogP contribution in [0.3, 0.4) is 0 Å². The second-order valence-corrected chi connectivity index (χ2v) is 5.80. The summed E-state index contributed by atoms with van der Waals surface area (Å²) in [5, 5.41) is 21.6. The molecule has 144 valence electrons. The zero-order chi connectivity index (χ0) is 19.7. The summed E-state index contributed by atoms with van der Waals surface area (Å²) < 4.78 is 78.7. The van der Waals surface area contributed by atoms with Crippen LogP contribution in [0.4, 0.5) is 26.3 Å². The Balaban J connectivity index is 2.64. The van der Waals surface area contributed by atoms with Gasteiger partial charge in [0.15, 0.2) is 0 Å². The zero-order valence-corrected chi connectivity index (χ0v) is 13.5. The van der Waals surface area contributed by atoms with Crippen LogP contribution in [-0.2, 0) is 12.4 Å². The highest BCUT2D eigenvalue weighted by Gasteiger charge is 2.37. The van der Waals surface area contributed by atoms with Gasteiger partial charge in [0.2, 0.25) is 0 Å². The van der Waals surface area contributed by atoms with Gasteiger partial charge in [-0.15, -0.1) is 0 Å². The maximum atomic E-state index is 13.2. The number of aliphatic hydroxyl groups is 2. The predicted octanol–water partition coefficient (Wildman–Crippen LogP) is 3.28. The Morgan fingerprint density at radius 1 is 1.12 bits per heavy atom. The van der Waals surface area contributed by atoms with Gasteiger partial charge >= 0.3 is 12.4 Å². The summed E-state index contributed by atoms with van der Waals surface area (Å²) in [4.78, 5) is 3.15. The van der Waals surface area contributed by atoms with Crippen LogP contribution in [0, 0.1) is 0 Å². The van der Waals surface area contributed by atoms with Crippen molar-refractivity contribution in [3.05, 3.63) is 41.1 Å². The molecule has 4 nitrogen and oxygen atoms in total. The molecule has 0 saturated heterocycles. The lowest BCUT2D eigenvalue weighted by Crippen LogP contribution is -2.33. The standard InChI is InChI=1S/C16H16F6N2O2/c1-8(7-25)23-6-12(26)10-5-13(16(20,21)22)24-14-9(10)3-2-4-11(14)15(17,18)19/h2-5,8,12,23,25-26H,6-7H2,1H3/t8-,12-/m1/s1. The summed E-state index contributed by atoms with van der Waals surface area (Å²) in [5.41, 5.74) is -4.04.